The molecule has 1 aromatic rings. The van der Waals surface area contributed by atoms with Crippen LogP contribution in [0.2, 0.25) is 19.6 Å². The highest BCUT2D eigenvalue weighted by Crippen LogP contribution is 2.31. The molecular formula is C12H20OSSi. The zero-order chi connectivity index (χ0) is 11.5. The summed E-state index contributed by atoms with van der Waals surface area (Å²) in [6, 6.07) is 2.16. The molecule has 0 amide bonds. The van der Waals surface area contributed by atoms with Crippen LogP contribution in [0.4, 0.5) is 0 Å². The van der Waals surface area contributed by atoms with Crippen molar-refractivity contribution in [2.24, 2.45) is 0 Å². The topological polar surface area (TPSA) is 9.23 Å². The second-order valence-corrected chi connectivity index (χ2v) is 10.1. The molecule has 0 N–H and O–H groups in total. The maximum atomic E-state index is 6.18. The normalized spacial score (nSPS) is 13.9. The van der Waals surface area contributed by atoms with Crippen molar-refractivity contribution in [3.8, 4) is 0 Å². The van der Waals surface area contributed by atoms with Crippen molar-refractivity contribution in [1.29, 1.82) is 0 Å². The van der Waals surface area contributed by atoms with Crippen molar-refractivity contribution < 1.29 is 4.43 Å². The van der Waals surface area contributed by atoms with Crippen LogP contribution in [0.3, 0.4) is 0 Å². The lowest BCUT2D eigenvalue weighted by Crippen LogP contribution is -2.27. The molecule has 1 unspecified atom stereocenters. The van der Waals surface area contributed by atoms with Gasteiger partial charge in [-0.1, -0.05) is 6.08 Å². The number of aryl methyl sites for hydroxylation is 1. The summed E-state index contributed by atoms with van der Waals surface area (Å²) in [4.78, 5) is 1.36. The van der Waals surface area contributed by atoms with E-state index in [0.717, 1.165) is 6.42 Å². The van der Waals surface area contributed by atoms with Gasteiger partial charge in [0.1, 0.15) is 0 Å². The Kier molecular flexibility index (Phi) is 4.31. The Morgan fingerprint density at radius 1 is 1.53 bits per heavy atom. The van der Waals surface area contributed by atoms with E-state index in [1.807, 2.05) is 6.08 Å². The van der Waals surface area contributed by atoms with Crippen LogP contribution in [0.25, 0.3) is 0 Å². The van der Waals surface area contributed by atoms with Gasteiger partial charge in [-0.15, -0.1) is 17.9 Å². The molecule has 1 nitrogen and oxygen atoms in total. The average Bonchev–Trinajstić information content (AvgIpc) is 2.48. The van der Waals surface area contributed by atoms with Gasteiger partial charge in [-0.2, -0.15) is 0 Å². The highest BCUT2D eigenvalue weighted by atomic mass is 32.1. The maximum absolute atomic E-state index is 6.18. The lowest BCUT2D eigenvalue weighted by molar-refractivity contribution is 0.205. The monoisotopic (exact) mass is 240 g/mol. The minimum Gasteiger partial charge on any atom is -0.410 e. The smallest absolute Gasteiger partial charge is 0.184 e. The van der Waals surface area contributed by atoms with Gasteiger partial charge in [0.2, 0.25) is 0 Å². The molecule has 0 radical (unpaired) electrons. The van der Waals surface area contributed by atoms with E-state index in [1.54, 1.807) is 11.3 Å². The van der Waals surface area contributed by atoms with Crippen molar-refractivity contribution in [2.45, 2.75) is 39.1 Å². The summed E-state index contributed by atoms with van der Waals surface area (Å²) >= 11 is 1.79. The highest BCUT2D eigenvalue weighted by Gasteiger charge is 2.23. The van der Waals surface area contributed by atoms with Gasteiger partial charge in [-0.05, 0) is 50.0 Å². The first-order chi connectivity index (χ1) is 6.94. The van der Waals surface area contributed by atoms with E-state index < -0.39 is 8.32 Å². The van der Waals surface area contributed by atoms with Crippen LogP contribution in [-0.2, 0) is 4.43 Å². The molecule has 0 bridgehead atoms. The Hall–Kier alpha value is -0.383. The lowest BCUT2D eigenvalue weighted by atomic mass is 10.1. The summed E-state index contributed by atoms with van der Waals surface area (Å²) in [5.74, 6) is 0. The standard InChI is InChI=1S/C12H20OSSi/c1-6-7-11(13-15(3,4)5)12-10(2)8-9-14-12/h6,8-9,11H,1,7H2,2-5H3. The molecule has 0 spiro atoms. The molecule has 0 saturated heterocycles. The number of hydrogen-bond acceptors (Lipinski definition) is 2. The summed E-state index contributed by atoms with van der Waals surface area (Å²) in [5, 5.41) is 2.13. The maximum Gasteiger partial charge on any atom is 0.184 e. The minimum absolute atomic E-state index is 0.217. The molecule has 1 aromatic heterocycles. The number of hydrogen-bond donors (Lipinski definition) is 0. The molecule has 1 rings (SSSR count). The van der Waals surface area contributed by atoms with Crippen LogP contribution in [0, 0.1) is 6.92 Å². The molecule has 3 heteroatoms. The van der Waals surface area contributed by atoms with Gasteiger partial charge < -0.3 is 4.43 Å². The molecular weight excluding hydrogens is 220 g/mol. The first-order valence-electron chi connectivity index (χ1n) is 5.27. The van der Waals surface area contributed by atoms with Gasteiger partial charge in [0.05, 0.1) is 6.10 Å². The molecule has 0 aromatic carbocycles. The zero-order valence-electron chi connectivity index (χ0n) is 10.0. The third-order valence-electron chi connectivity index (χ3n) is 2.07. The van der Waals surface area contributed by atoms with Crippen LogP contribution < -0.4 is 0 Å². The Morgan fingerprint density at radius 2 is 2.20 bits per heavy atom. The van der Waals surface area contributed by atoms with Crippen LogP contribution in [0.1, 0.15) is 23.0 Å². The van der Waals surface area contributed by atoms with E-state index in [9.17, 15) is 0 Å². The highest BCUT2D eigenvalue weighted by molar-refractivity contribution is 7.10. The number of thiophene rings is 1. The first kappa shape index (κ1) is 12.7. The Morgan fingerprint density at radius 3 is 2.60 bits per heavy atom. The Labute approximate surface area is 97.9 Å². The fourth-order valence-electron chi connectivity index (χ4n) is 1.50. The van der Waals surface area contributed by atoms with Crippen LogP contribution >= 0.6 is 11.3 Å². The number of rotatable bonds is 5. The zero-order valence-corrected chi connectivity index (χ0v) is 11.9. The second kappa shape index (κ2) is 5.10. The van der Waals surface area contributed by atoms with E-state index >= 15 is 0 Å². The van der Waals surface area contributed by atoms with E-state index in [2.05, 4.69) is 44.6 Å². The molecule has 1 atom stereocenters. The second-order valence-electron chi connectivity index (χ2n) is 4.71. The molecule has 15 heavy (non-hydrogen) atoms. The quantitative estimate of drug-likeness (QED) is 0.543. The Bertz CT molecular complexity index is 325. The van der Waals surface area contributed by atoms with Crippen molar-refractivity contribution in [1.82, 2.24) is 0 Å². The average molecular weight is 240 g/mol. The van der Waals surface area contributed by atoms with Gasteiger partial charge in [0, 0.05) is 4.88 Å². The summed E-state index contributed by atoms with van der Waals surface area (Å²) in [7, 11) is -1.48. The lowest BCUT2D eigenvalue weighted by Gasteiger charge is -2.25. The predicted octanol–water partition coefficient (Wildman–Crippen LogP) is 4.53. The van der Waals surface area contributed by atoms with Gasteiger partial charge in [0.15, 0.2) is 8.32 Å². The first-order valence-corrected chi connectivity index (χ1v) is 9.55. The van der Waals surface area contributed by atoms with E-state index in [4.69, 9.17) is 4.43 Å². The fourth-order valence-corrected chi connectivity index (χ4v) is 3.62. The van der Waals surface area contributed by atoms with Gasteiger partial charge >= 0.3 is 0 Å². The van der Waals surface area contributed by atoms with Crippen LogP contribution in [0.15, 0.2) is 24.1 Å². The fraction of sp³-hybridized carbons (Fsp3) is 0.500. The van der Waals surface area contributed by atoms with Gasteiger partial charge in [0.25, 0.3) is 0 Å². The summed E-state index contributed by atoms with van der Waals surface area (Å²) in [6.45, 7) is 12.6. The summed E-state index contributed by atoms with van der Waals surface area (Å²) in [5.41, 5.74) is 1.34. The molecule has 0 saturated carbocycles. The minimum atomic E-state index is -1.48. The third kappa shape index (κ3) is 3.93. The van der Waals surface area contributed by atoms with E-state index in [0.29, 0.717) is 0 Å². The van der Waals surface area contributed by atoms with Crippen LogP contribution in [-0.4, -0.2) is 8.32 Å². The van der Waals surface area contributed by atoms with Crippen molar-refractivity contribution in [3.05, 3.63) is 34.5 Å². The molecule has 84 valence electrons. The van der Waals surface area contributed by atoms with Crippen molar-refractivity contribution in [3.63, 3.8) is 0 Å². The molecule has 0 fully saturated rings. The van der Waals surface area contributed by atoms with Gasteiger partial charge in [-0.3, -0.25) is 0 Å². The molecule has 0 aliphatic heterocycles. The summed E-state index contributed by atoms with van der Waals surface area (Å²) < 4.78 is 6.18. The third-order valence-corrected chi connectivity index (χ3v) is 4.17. The molecule has 0 aliphatic carbocycles. The largest absolute Gasteiger partial charge is 0.410 e. The van der Waals surface area contributed by atoms with E-state index in [-0.39, 0.29) is 6.10 Å². The van der Waals surface area contributed by atoms with Crippen molar-refractivity contribution >= 4 is 19.7 Å². The SMILES string of the molecule is C=CCC(O[Si](C)(C)C)c1sccc1C. The predicted molar refractivity (Wildman–Crippen MR) is 71.0 cm³/mol. The van der Waals surface area contributed by atoms with Crippen molar-refractivity contribution in [2.75, 3.05) is 0 Å². The van der Waals surface area contributed by atoms with Gasteiger partial charge in [-0.25, -0.2) is 0 Å². The van der Waals surface area contributed by atoms with Crippen LogP contribution in [0.5, 0.6) is 0 Å². The molecule has 0 aliphatic rings. The summed E-state index contributed by atoms with van der Waals surface area (Å²) in [6.07, 6.45) is 3.07. The Balaban J connectivity index is 2.83. The van der Waals surface area contributed by atoms with E-state index in [1.165, 1.54) is 10.4 Å². The molecule has 1 heterocycles.